The van der Waals surface area contributed by atoms with Gasteiger partial charge in [0.15, 0.2) is 5.75 Å². The Morgan fingerprint density at radius 1 is 1.35 bits per heavy atom. The Morgan fingerprint density at radius 3 is 2.70 bits per heavy atom. The first-order chi connectivity index (χ1) is 9.51. The highest BCUT2D eigenvalue weighted by molar-refractivity contribution is 9.10. The monoisotopic (exact) mass is 358 g/mol. The molecule has 0 aliphatic rings. The summed E-state index contributed by atoms with van der Waals surface area (Å²) in [5.41, 5.74) is 0.613. The fraction of sp³-hybridized carbons (Fsp3) is 0.286. The second-order valence-corrected chi connectivity index (χ2v) is 5.63. The number of halogens is 3. The smallest absolute Gasteiger partial charge is 0.168 e. The van der Waals surface area contributed by atoms with Gasteiger partial charge in [0.2, 0.25) is 0 Å². The Morgan fingerprint density at radius 2 is 2.10 bits per heavy atom. The molecule has 0 spiro atoms. The van der Waals surface area contributed by atoms with E-state index in [1.54, 1.807) is 6.20 Å². The van der Waals surface area contributed by atoms with Crippen LogP contribution in [0.25, 0.3) is 0 Å². The highest BCUT2D eigenvalue weighted by Crippen LogP contribution is 2.32. The molecule has 106 valence electrons. The summed E-state index contributed by atoms with van der Waals surface area (Å²) in [7, 11) is 0. The van der Waals surface area contributed by atoms with Gasteiger partial charge in [0, 0.05) is 5.92 Å². The molecule has 0 saturated carbocycles. The maximum absolute atomic E-state index is 13.0. The van der Waals surface area contributed by atoms with Crippen molar-refractivity contribution in [1.29, 1.82) is 0 Å². The van der Waals surface area contributed by atoms with E-state index in [-0.39, 0.29) is 17.6 Å². The van der Waals surface area contributed by atoms with Crippen LogP contribution >= 0.6 is 27.5 Å². The van der Waals surface area contributed by atoms with Crippen molar-refractivity contribution in [1.82, 2.24) is 9.97 Å². The van der Waals surface area contributed by atoms with Gasteiger partial charge in [0.1, 0.15) is 23.1 Å². The molecular weight excluding hydrogens is 347 g/mol. The average molecular weight is 360 g/mol. The molecular formula is C14H13BrClFN2O. The van der Waals surface area contributed by atoms with E-state index in [1.807, 2.05) is 13.8 Å². The Balaban J connectivity index is 2.33. The van der Waals surface area contributed by atoms with Crippen LogP contribution in [0.2, 0.25) is 0 Å². The van der Waals surface area contributed by atoms with Crippen LogP contribution in [0.15, 0.2) is 28.9 Å². The van der Waals surface area contributed by atoms with E-state index < -0.39 is 0 Å². The summed E-state index contributed by atoms with van der Waals surface area (Å²) in [6, 6.07) is 4.19. The van der Waals surface area contributed by atoms with E-state index in [4.69, 9.17) is 16.3 Å². The number of rotatable bonds is 4. The Hall–Kier alpha value is -1.20. The lowest BCUT2D eigenvalue weighted by Crippen LogP contribution is -2.02. The molecule has 3 nitrogen and oxygen atoms in total. The molecule has 0 saturated heterocycles. The van der Waals surface area contributed by atoms with Crippen LogP contribution in [0.4, 0.5) is 4.39 Å². The van der Waals surface area contributed by atoms with Gasteiger partial charge < -0.3 is 4.74 Å². The fourth-order valence-electron chi connectivity index (χ4n) is 1.56. The van der Waals surface area contributed by atoms with Gasteiger partial charge in [-0.15, -0.1) is 11.6 Å². The second kappa shape index (κ2) is 6.50. The maximum atomic E-state index is 13.0. The molecule has 2 aromatic rings. The number of ether oxygens (including phenoxy) is 1. The predicted molar refractivity (Wildman–Crippen MR) is 79.9 cm³/mol. The average Bonchev–Trinajstić information content (AvgIpc) is 2.42. The highest BCUT2D eigenvalue weighted by Gasteiger charge is 2.12. The van der Waals surface area contributed by atoms with Crippen molar-refractivity contribution in [3.8, 4) is 11.5 Å². The third kappa shape index (κ3) is 3.46. The van der Waals surface area contributed by atoms with Gasteiger partial charge in [0.05, 0.1) is 16.5 Å². The summed E-state index contributed by atoms with van der Waals surface area (Å²) < 4.78 is 19.3. The van der Waals surface area contributed by atoms with E-state index in [1.165, 1.54) is 18.2 Å². The van der Waals surface area contributed by atoms with Crippen LogP contribution in [0.3, 0.4) is 0 Å². The number of hydrogen-bond acceptors (Lipinski definition) is 3. The third-order valence-electron chi connectivity index (χ3n) is 2.60. The second-order valence-electron chi connectivity index (χ2n) is 4.50. The molecule has 6 heteroatoms. The number of nitrogens with zero attached hydrogens (tertiary/aromatic N) is 2. The lowest BCUT2D eigenvalue weighted by molar-refractivity contribution is 0.465. The summed E-state index contributed by atoms with van der Waals surface area (Å²) in [5, 5.41) is 0. The molecule has 0 atom stereocenters. The lowest BCUT2D eigenvalue weighted by atomic mass is 10.2. The molecule has 0 amide bonds. The van der Waals surface area contributed by atoms with Crippen molar-refractivity contribution < 1.29 is 9.13 Å². The minimum absolute atomic E-state index is 0.212. The topological polar surface area (TPSA) is 35.0 Å². The SMILES string of the molecule is CC(C)c1ncc(Oc2ccc(F)cc2Br)c(CCl)n1. The van der Waals surface area contributed by atoms with Gasteiger partial charge in [-0.1, -0.05) is 13.8 Å². The Bertz CT molecular complexity index is 622. The molecule has 0 fully saturated rings. The van der Waals surface area contributed by atoms with Gasteiger partial charge in [0.25, 0.3) is 0 Å². The minimum Gasteiger partial charge on any atom is -0.453 e. The van der Waals surface area contributed by atoms with Crippen molar-refractivity contribution in [2.45, 2.75) is 25.6 Å². The van der Waals surface area contributed by atoms with E-state index >= 15 is 0 Å². The first kappa shape index (κ1) is 15.2. The number of hydrogen-bond donors (Lipinski definition) is 0. The number of benzene rings is 1. The summed E-state index contributed by atoms with van der Waals surface area (Å²) >= 11 is 9.15. The van der Waals surface area contributed by atoms with Crippen LogP contribution in [0, 0.1) is 5.82 Å². The minimum atomic E-state index is -0.340. The largest absolute Gasteiger partial charge is 0.453 e. The molecule has 0 radical (unpaired) electrons. The summed E-state index contributed by atoms with van der Waals surface area (Å²) in [6.45, 7) is 4.01. The molecule has 0 aliphatic heterocycles. The molecule has 1 heterocycles. The van der Waals surface area contributed by atoms with Gasteiger partial charge in [-0.2, -0.15) is 0 Å². The van der Waals surface area contributed by atoms with Gasteiger partial charge in [-0.3, -0.25) is 0 Å². The quantitative estimate of drug-likeness (QED) is 0.718. The van der Waals surface area contributed by atoms with Crippen molar-refractivity contribution in [3.05, 3.63) is 46.2 Å². The third-order valence-corrected chi connectivity index (χ3v) is 3.48. The molecule has 0 aliphatic carbocycles. The van der Waals surface area contributed by atoms with Crippen molar-refractivity contribution in [2.24, 2.45) is 0 Å². The first-order valence-corrected chi connectivity index (χ1v) is 7.38. The molecule has 0 N–H and O–H groups in total. The standard InChI is InChI=1S/C14H13BrClFN2O/c1-8(2)14-18-7-13(11(6-16)19-14)20-12-4-3-9(17)5-10(12)15/h3-5,7-8H,6H2,1-2H3. The van der Waals surface area contributed by atoms with E-state index in [2.05, 4.69) is 25.9 Å². The zero-order valence-corrected chi connectivity index (χ0v) is 13.4. The lowest BCUT2D eigenvalue weighted by Gasteiger charge is -2.12. The Kier molecular flexibility index (Phi) is 4.94. The molecule has 20 heavy (non-hydrogen) atoms. The molecule has 1 aromatic carbocycles. The zero-order valence-electron chi connectivity index (χ0n) is 11.0. The van der Waals surface area contributed by atoms with E-state index in [0.717, 1.165) is 0 Å². The summed E-state index contributed by atoms with van der Waals surface area (Å²) in [5.74, 6) is 1.76. The van der Waals surface area contributed by atoms with E-state index in [9.17, 15) is 4.39 Å². The summed E-state index contributed by atoms with van der Waals surface area (Å²) in [6.07, 6.45) is 1.59. The molecule has 2 rings (SSSR count). The first-order valence-electron chi connectivity index (χ1n) is 6.06. The van der Waals surface area contributed by atoms with Crippen LogP contribution in [-0.4, -0.2) is 9.97 Å². The number of aromatic nitrogens is 2. The van der Waals surface area contributed by atoms with Crippen molar-refractivity contribution in [3.63, 3.8) is 0 Å². The van der Waals surface area contributed by atoms with Crippen LogP contribution in [0.1, 0.15) is 31.3 Å². The van der Waals surface area contributed by atoms with Crippen molar-refractivity contribution >= 4 is 27.5 Å². The van der Waals surface area contributed by atoms with Crippen LogP contribution in [0.5, 0.6) is 11.5 Å². The predicted octanol–water partition coefficient (Wildman–Crippen LogP) is 5.03. The highest BCUT2D eigenvalue weighted by atomic mass is 79.9. The van der Waals surface area contributed by atoms with Gasteiger partial charge >= 0.3 is 0 Å². The molecule has 0 unspecified atom stereocenters. The molecule has 1 aromatic heterocycles. The van der Waals surface area contributed by atoms with Crippen molar-refractivity contribution in [2.75, 3.05) is 0 Å². The summed E-state index contributed by atoms with van der Waals surface area (Å²) in [4.78, 5) is 8.62. The van der Waals surface area contributed by atoms with Crippen LogP contribution in [-0.2, 0) is 5.88 Å². The Labute approximate surface area is 130 Å². The zero-order chi connectivity index (χ0) is 14.7. The van der Waals surface area contributed by atoms with E-state index in [0.29, 0.717) is 27.5 Å². The fourth-order valence-corrected chi connectivity index (χ4v) is 2.18. The van der Waals surface area contributed by atoms with Gasteiger partial charge in [-0.05, 0) is 34.1 Å². The maximum Gasteiger partial charge on any atom is 0.168 e. The molecule has 0 bridgehead atoms. The normalized spacial score (nSPS) is 10.9. The van der Waals surface area contributed by atoms with Gasteiger partial charge in [-0.25, -0.2) is 14.4 Å². The van der Waals surface area contributed by atoms with Crippen LogP contribution < -0.4 is 4.74 Å². The number of alkyl halides is 1.